The van der Waals surface area contributed by atoms with Gasteiger partial charge in [-0.3, -0.25) is 0 Å². The van der Waals surface area contributed by atoms with Crippen LogP contribution in [0.1, 0.15) is 37.2 Å². The zero-order chi connectivity index (χ0) is 13.7. The third kappa shape index (κ3) is 3.50. The van der Waals surface area contributed by atoms with E-state index in [9.17, 15) is 0 Å². The van der Waals surface area contributed by atoms with Crippen LogP contribution in [-0.2, 0) is 0 Å². The molecule has 1 fully saturated rings. The fourth-order valence-electron chi connectivity index (χ4n) is 3.33. The summed E-state index contributed by atoms with van der Waals surface area (Å²) in [4.78, 5) is 0. The first-order valence-corrected chi connectivity index (χ1v) is 8.45. The first-order valence-electron chi connectivity index (χ1n) is 7.20. The zero-order valence-corrected chi connectivity index (χ0v) is 13.6. The highest BCUT2D eigenvalue weighted by Gasteiger charge is 2.35. The van der Waals surface area contributed by atoms with Gasteiger partial charge in [-0.1, -0.05) is 71.5 Å². The number of halogens is 1. The highest BCUT2D eigenvalue weighted by Crippen LogP contribution is 2.45. The summed E-state index contributed by atoms with van der Waals surface area (Å²) >= 11 is 2.68. The molecular formula is C18H23I. The Labute approximate surface area is 131 Å². The Morgan fingerprint density at radius 1 is 1.21 bits per heavy atom. The Bertz CT molecular complexity index is 409. The van der Waals surface area contributed by atoms with Gasteiger partial charge < -0.3 is 0 Å². The van der Waals surface area contributed by atoms with E-state index in [1.807, 2.05) is 6.08 Å². The molecule has 1 saturated carbocycles. The van der Waals surface area contributed by atoms with Crippen molar-refractivity contribution in [2.24, 2.45) is 11.8 Å². The minimum Gasteiger partial charge on any atom is -0.103 e. The summed E-state index contributed by atoms with van der Waals surface area (Å²) in [5, 5.41) is 0. The van der Waals surface area contributed by atoms with Crippen molar-refractivity contribution < 1.29 is 0 Å². The van der Waals surface area contributed by atoms with Crippen molar-refractivity contribution in [2.45, 2.75) is 35.5 Å². The summed E-state index contributed by atoms with van der Waals surface area (Å²) in [6.07, 6.45) is 9.25. The standard InChI is InChI=1S/C18H23I/c1-3-9-14(4-2)16-12-8-13-17(18(16)19)15-10-6-5-7-11-15/h3-7,10-11,14,16-18H,1-2,8-9,12-13H2/t14?,16-,17?,18?/m0/s1. The predicted octanol–water partition coefficient (Wildman–Crippen LogP) is 5.75. The maximum Gasteiger partial charge on any atom is 0.0212 e. The molecule has 0 aliphatic heterocycles. The molecule has 0 amide bonds. The van der Waals surface area contributed by atoms with Crippen molar-refractivity contribution in [1.82, 2.24) is 0 Å². The number of hydrogen-bond acceptors (Lipinski definition) is 0. The Balaban J connectivity index is 2.16. The highest BCUT2D eigenvalue weighted by molar-refractivity contribution is 14.1. The minimum atomic E-state index is 0.589. The van der Waals surface area contributed by atoms with Crippen molar-refractivity contribution in [1.29, 1.82) is 0 Å². The van der Waals surface area contributed by atoms with E-state index in [2.05, 4.69) is 72.2 Å². The van der Waals surface area contributed by atoms with Crippen molar-refractivity contribution >= 4 is 22.6 Å². The van der Waals surface area contributed by atoms with Crippen LogP contribution in [0.2, 0.25) is 0 Å². The summed E-state index contributed by atoms with van der Waals surface area (Å²) < 4.78 is 0.705. The quantitative estimate of drug-likeness (QED) is 0.354. The third-order valence-electron chi connectivity index (χ3n) is 4.37. The van der Waals surface area contributed by atoms with Gasteiger partial charge in [-0.2, -0.15) is 0 Å². The summed E-state index contributed by atoms with van der Waals surface area (Å²) in [5.41, 5.74) is 1.51. The maximum absolute atomic E-state index is 4.04. The van der Waals surface area contributed by atoms with E-state index >= 15 is 0 Å². The van der Waals surface area contributed by atoms with Gasteiger partial charge in [0.2, 0.25) is 0 Å². The van der Waals surface area contributed by atoms with Crippen LogP contribution < -0.4 is 0 Å². The second-order valence-electron chi connectivity index (χ2n) is 5.48. The van der Waals surface area contributed by atoms with E-state index in [1.165, 1.54) is 24.8 Å². The number of benzene rings is 1. The molecule has 0 radical (unpaired) electrons. The molecule has 2 rings (SSSR count). The van der Waals surface area contributed by atoms with Gasteiger partial charge in [0.05, 0.1) is 0 Å². The molecule has 1 aliphatic carbocycles. The van der Waals surface area contributed by atoms with E-state index < -0.39 is 0 Å². The maximum atomic E-state index is 4.04. The predicted molar refractivity (Wildman–Crippen MR) is 92.8 cm³/mol. The van der Waals surface area contributed by atoms with Gasteiger partial charge >= 0.3 is 0 Å². The van der Waals surface area contributed by atoms with Gasteiger partial charge in [0.1, 0.15) is 0 Å². The van der Waals surface area contributed by atoms with Gasteiger partial charge in [0.25, 0.3) is 0 Å². The molecule has 0 N–H and O–H groups in total. The largest absolute Gasteiger partial charge is 0.103 e. The highest BCUT2D eigenvalue weighted by atomic mass is 127. The topological polar surface area (TPSA) is 0 Å². The molecule has 4 atom stereocenters. The summed E-state index contributed by atoms with van der Waals surface area (Å²) in [5.74, 6) is 2.04. The minimum absolute atomic E-state index is 0.589. The van der Waals surface area contributed by atoms with Gasteiger partial charge in [-0.25, -0.2) is 0 Å². The average Bonchev–Trinajstić information content (AvgIpc) is 2.46. The normalized spacial score (nSPS) is 28.6. The van der Waals surface area contributed by atoms with Crippen LogP contribution in [0.25, 0.3) is 0 Å². The molecule has 0 saturated heterocycles. The summed E-state index contributed by atoms with van der Waals surface area (Å²) in [7, 11) is 0. The van der Waals surface area contributed by atoms with E-state index in [-0.39, 0.29) is 0 Å². The van der Waals surface area contributed by atoms with Crippen molar-refractivity contribution in [3.05, 3.63) is 61.2 Å². The number of alkyl halides is 1. The first-order chi connectivity index (χ1) is 9.27. The van der Waals surface area contributed by atoms with Gasteiger partial charge in [-0.05, 0) is 42.6 Å². The van der Waals surface area contributed by atoms with Gasteiger partial charge in [0, 0.05) is 3.92 Å². The molecule has 0 nitrogen and oxygen atoms in total. The number of rotatable bonds is 5. The van der Waals surface area contributed by atoms with Crippen LogP contribution >= 0.6 is 22.6 Å². The van der Waals surface area contributed by atoms with Crippen LogP contribution in [0.5, 0.6) is 0 Å². The van der Waals surface area contributed by atoms with E-state index in [0.29, 0.717) is 15.8 Å². The molecule has 1 heteroatoms. The SMILES string of the molecule is C=CCC(C=C)[C@@H]1CCCC(c2ccccc2)C1I. The fourth-order valence-corrected chi connectivity index (χ4v) is 5.00. The van der Waals surface area contributed by atoms with E-state index in [1.54, 1.807) is 0 Å². The molecule has 0 aromatic heterocycles. The second kappa shape index (κ2) is 7.28. The molecular weight excluding hydrogens is 343 g/mol. The molecule has 102 valence electrons. The lowest BCUT2D eigenvalue weighted by molar-refractivity contribution is 0.282. The Morgan fingerprint density at radius 3 is 2.58 bits per heavy atom. The van der Waals surface area contributed by atoms with Crippen LogP contribution in [0.4, 0.5) is 0 Å². The molecule has 1 aliphatic rings. The lowest BCUT2D eigenvalue weighted by atomic mass is 9.72. The molecule has 1 aromatic carbocycles. The monoisotopic (exact) mass is 366 g/mol. The molecule has 1 aromatic rings. The molecule has 19 heavy (non-hydrogen) atoms. The van der Waals surface area contributed by atoms with Crippen LogP contribution in [0.15, 0.2) is 55.6 Å². The molecule has 0 heterocycles. The second-order valence-corrected chi connectivity index (χ2v) is 6.92. The van der Waals surface area contributed by atoms with Crippen molar-refractivity contribution in [3.63, 3.8) is 0 Å². The first kappa shape index (κ1) is 14.8. The Hall–Kier alpha value is -0.570. The van der Waals surface area contributed by atoms with Crippen molar-refractivity contribution in [3.8, 4) is 0 Å². The van der Waals surface area contributed by atoms with Crippen LogP contribution in [0.3, 0.4) is 0 Å². The van der Waals surface area contributed by atoms with E-state index in [0.717, 1.165) is 12.3 Å². The summed E-state index contributed by atoms with van der Waals surface area (Å²) in [6.45, 7) is 7.93. The van der Waals surface area contributed by atoms with Gasteiger partial charge in [0.15, 0.2) is 0 Å². The number of allylic oxidation sites excluding steroid dienone is 2. The van der Waals surface area contributed by atoms with Crippen molar-refractivity contribution in [2.75, 3.05) is 0 Å². The zero-order valence-electron chi connectivity index (χ0n) is 11.5. The lowest BCUT2D eigenvalue weighted by Gasteiger charge is -2.38. The Kier molecular flexibility index (Phi) is 5.68. The number of hydrogen-bond donors (Lipinski definition) is 0. The Morgan fingerprint density at radius 2 is 1.95 bits per heavy atom. The smallest absolute Gasteiger partial charge is 0.0212 e. The van der Waals surface area contributed by atoms with Crippen LogP contribution in [-0.4, -0.2) is 3.92 Å². The van der Waals surface area contributed by atoms with Crippen LogP contribution in [0, 0.1) is 11.8 Å². The molecule has 0 bridgehead atoms. The van der Waals surface area contributed by atoms with E-state index in [4.69, 9.17) is 0 Å². The average molecular weight is 366 g/mol. The molecule has 3 unspecified atom stereocenters. The lowest BCUT2D eigenvalue weighted by Crippen LogP contribution is -2.31. The third-order valence-corrected chi connectivity index (χ3v) is 6.16. The fraction of sp³-hybridized carbons (Fsp3) is 0.444. The summed E-state index contributed by atoms with van der Waals surface area (Å²) in [6, 6.07) is 11.0. The molecule has 0 spiro atoms. The van der Waals surface area contributed by atoms with Gasteiger partial charge in [-0.15, -0.1) is 13.2 Å².